The summed E-state index contributed by atoms with van der Waals surface area (Å²) < 4.78 is 44.9. The van der Waals surface area contributed by atoms with E-state index in [2.05, 4.69) is 5.32 Å². The lowest BCUT2D eigenvalue weighted by Crippen LogP contribution is -2.38. The number of methoxy groups -OCH3 is 1. The van der Waals surface area contributed by atoms with Crippen LogP contribution in [-0.2, 0) is 22.2 Å². The lowest BCUT2D eigenvalue weighted by atomic mass is 10.1. The standard InChI is InChI=1S/C24H27ClF3N3O3/c1-34-18-9-6-17(7-10-18)8-11-22(33)31-13-3-12-30(14-15-31)16-21(32)29-23-19(24(26,27)28)4-2-5-20(23)25/h2,4-7,9-10H,3,8,11-16H2,1H3,(H,29,32). The van der Waals surface area contributed by atoms with Crippen LogP contribution in [0.5, 0.6) is 5.75 Å². The minimum absolute atomic E-state index is 0.0352. The predicted molar refractivity (Wildman–Crippen MR) is 124 cm³/mol. The van der Waals surface area contributed by atoms with E-state index in [1.54, 1.807) is 12.0 Å². The Kier molecular flexibility index (Phi) is 8.79. The van der Waals surface area contributed by atoms with Crippen molar-refractivity contribution in [3.05, 3.63) is 58.6 Å². The molecule has 34 heavy (non-hydrogen) atoms. The minimum Gasteiger partial charge on any atom is -0.497 e. The molecule has 0 radical (unpaired) electrons. The van der Waals surface area contributed by atoms with Gasteiger partial charge in [-0.25, -0.2) is 0 Å². The van der Waals surface area contributed by atoms with E-state index in [-0.39, 0.29) is 17.5 Å². The van der Waals surface area contributed by atoms with Crippen molar-refractivity contribution in [3.8, 4) is 5.75 Å². The molecule has 1 aliphatic rings. The van der Waals surface area contributed by atoms with Crippen LogP contribution in [0.2, 0.25) is 5.02 Å². The molecule has 0 unspecified atom stereocenters. The average molecular weight is 498 g/mol. The number of alkyl halides is 3. The first-order valence-electron chi connectivity index (χ1n) is 11.0. The van der Waals surface area contributed by atoms with Gasteiger partial charge in [-0.05, 0) is 42.7 Å². The number of nitrogens with zero attached hydrogens (tertiary/aromatic N) is 2. The first kappa shape index (κ1) is 25.8. The van der Waals surface area contributed by atoms with Gasteiger partial charge in [0.15, 0.2) is 0 Å². The third-order valence-electron chi connectivity index (χ3n) is 5.68. The fraction of sp³-hybridized carbons (Fsp3) is 0.417. The molecule has 6 nitrogen and oxygen atoms in total. The Morgan fingerprint density at radius 1 is 1.06 bits per heavy atom. The van der Waals surface area contributed by atoms with E-state index in [1.807, 2.05) is 29.2 Å². The fourth-order valence-electron chi connectivity index (χ4n) is 3.85. The molecular formula is C24H27ClF3N3O3. The zero-order chi connectivity index (χ0) is 24.7. The molecule has 0 atom stereocenters. The molecule has 1 saturated heterocycles. The molecule has 0 aromatic heterocycles. The van der Waals surface area contributed by atoms with Crippen molar-refractivity contribution < 1.29 is 27.5 Å². The Balaban J connectivity index is 1.50. The number of rotatable bonds is 7. The van der Waals surface area contributed by atoms with Gasteiger partial charge in [0.1, 0.15) is 5.75 Å². The van der Waals surface area contributed by atoms with E-state index < -0.39 is 23.3 Å². The summed E-state index contributed by atoms with van der Waals surface area (Å²) in [5.41, 5.74) is -0.384. The quantitative estimate of drug-likeness (QED) is 0.613. The first-order chi connectivity index (χ1) is 16.2. The Labute approximate surface area is 201 Å². The highest BCUT2D eigenvalue weighted by molar-refractivity contribution is 6.34. The molecule has 1 heterocycles. The molecule has 184 valence electrons. The minimum atomic E-state index is -4.64. The number of hydrogen-bond acceptors (Lipinski definition) is 4. The van der Waals surface area contributed by atoms with E-state index in [0.29, 0.717) is 45.4 Å². The molecule has 3 rings (SSSR count). The SMILES string of the molecule is COc1ccc(CCC(=O)N2CCCN(CC(=O)Nc3c(Cl)cccc3C(F)(F)F)CC2)cc1. The second-order valence-corrected chi connectivity index (χ2v) is 8.47. The third-order valence-corrected chi connectivity index (χ3v) is 5.99. The lowest BCUT2D eigenvalue weighted by Gasteiger charge is -2.22. The molecule has 2 amide bonds. The van der Waals surface area contributed by atoms with Gasteiger partial charge in [0.05, 0.1) is 29.9 Å². The van der Waals surface area contributed by atoms with E-state index in [1.165, 1.54) is 12.1 Å². The molecule has 0 aliphatic carbocycles. The van der Waals surface area contributed by atoms with Crippen molar-refractivity contribution in [1.82, 2.24) is 9.80 Å². The molecule has 1 N–H and O–H groups in total. The number of carbonyl (C=O) groups excluding carboxylic acids is 2. The fourth-order valence-corrected chi connectivity index (χ4v) is 4.07. The number of carbonyl (C=O) groups is 2. The van der Waals surface area contributed by atoms with Crippen molar-refractivity contribution in [2.45, 2.75) is 25.4 Å². The Morgan fingerprint density at radius 3 is 2.47 bits per heavy atom. The smallest absolute Gasteiger partial charge is 0.418 e. The van der Waals surface area contributed by atoms with Crippen LogP contribution in [0.3, 0.4) is 0 Å². The summed E-state index contributed by atoms with van der Waals surface area (Å²) in [6.45, 7) is 1.95. The first-order valence-corrected chi connectivity index (χ1v) is 11.3. The number of nitrogens with one attached hydrogen (secondary N) is 1. The van der Waals surface area contributed by atoms with Crippen LogP contribution in [0.25, 0.3) is 0 Å². The van der Waals surface area contributed by atoms with Gasteiger partial charge in [-0.1, -0.05) is 29.8 Å². The molecule has 0 saturated carbocycles. The second kappa shape index (κ2) is 11.6. The van der Waals surface area contributed by atoms with Crippen LogP contribution in [0.4, 0.5) is 18.9 Å². The topological polar surface area (TPSA) is 61.9 Å². The van der Waals surface area contributed by atoms with Gasteiger partial charge >= 0.3 is 6.18 Å². The molecule has 0 spiro atoms. The predicted octanol–water partition coefficient (Wildman–Crippen LogP) is 4.47. The van der Waals surface area contributed by atoms with Crippen molar-refractivity contribution in [1.29, 1.82) is 0 Å². The number of aryl methyl sites for hydroxylation is 1. The molecule has 0 bridgehead atoms. The highest BCUT2D eigenvalue weighted by Gasteiger charge is 2.35. The molecule has 1 aliphatic heterocycles. The molecule has 2 aromatic carbocycles. The highest BCUT2D eigenvalue weighted by atomic mass is 35.5. The van der Waals surface area contributed by atoms with Gasteiger partial charge < -0.3 is 15.0 Å². The summed E-state index contributed by atoms with van der Waals surface area (Å²) in [4.78, 5) is 28.7. The van der Waals surface area contributed by atoms with Gasteiger partial charge in [-0.2, -0.15) is 13.2 Å². The summed E-state index contributed by atoms with van der Waals surface area (Å²) in [6, 6.07) is 10.9. The van der Waals surface area contributed by atoms with Gasteiger partial charge in [-0.15, -0.1) is 0 Å². The zero-order valence-corrected chi connectivity index (χ0v) is 19.6. The van der Waals surface area contributed by atoms with E-state index in [4.69, 9.17) is 16.3 Å². The summed E-state index contributed by atoms with van der Waals surface area (Å²) in [7, 11) is 1.60. The second-order valence-electron chi connectivity index (χ2n) is 8.07. The number of para-hydroxylation sites is 1. The maximum absolute atomic E-state index is 13.3. The maximum atomic E-state index is 13.3. The summed E-state index contributed by atoms with van der Waals surface area (Å²) in [5, 5.41) is 2.14. The van der Waals surface area contributed by atoms with Gasteiger partial charge in [0, 0.05) is 32.6 Å². The molecule has 2 aromatic rings. The van der Waals surface area contributed by atoms with Crippen LogP contribution < -0.4 is 10.1 Å². The number of anilines is 1. The van der Waals surface area contributed by atoms with Crippen LogP contribution >= 0.6 is 11.6 Å². The number of hydrogen-bond donors (Lipinski definition) is 1. The summed E-state index contributed by atoms with van der Waals surface area (Å²) in [5.74, 6) is 0.210. The number of amides is 2. The van der Waals surface area contributed by atoms with E-state index in [9.17, 15) is 22.8 Å². The highest BCUT2D eigenvalue weighted by Crippen LogP contribution is 2.38. The number of halogens is 4. The van der Waals surface area contributed by atoms with Gasteiger partial charge in [-0.3, -0.25) is 14.5 Å². The lowest BCUT2D eigenvalue weighted by molar-refractivity contribution is -0.137. The Hall–Kier alpha value is -2.78. The zero-order valence-electron chi connectivity index (χ0n) is 18.8. The average Bonchev–Trinajstić information content (AvgIpc) is 3.04. The van der Waals surface area contributed by atoms with Crippen molar-refractivity contribution in [3.63, 3.8) is 0 Å². The third kappa shape index (κ3) is 7.11. The maximum Gasteiger partial charge on any atom is 0.418 e. The van der Waals surface area contributed by atoms with Crippen molar-refractivity contribution >= 4 is 29.1 Å². The van der Waals surface area contributed by atoms with E-state index >= 15 is 0 Å². The van der Waals surface area contributed by atoms with Crippen LogP contribution in [0, 0.1) is 0 Å². The van der Waals surface area contributed by atoms with Gasteiger partial charge in [0.2, 0.25) is 11.8 Å². The molecular weight excluding hydrogens is 471 g/mol. The van der Waals surface area contributed by atoms with Crippen LogP contribution in [-0.4, -0.2) is 61.4 Å². The Morgan fingerprint density at radius 2 is 1.79 bits per heavy atom. The monoisotopic (exact) mass is 497 g/mol. The van der Waals surface area contributed by atoms with Crippen LogP contribution in [0.15, 0.2) is 42.5 Å². The van der Waals surface area contributed by atoms with E-state index in [0.717, 1.165) is 17.4 Å². The number of benzene rings is 2. The largest absolute Gasteiger partial charge is 0.497 e. The molecule has 1 fully saturated rings. The molecule has 10 heteroatoms. The van der Waals surface area contributed by atoms with Crippen molar-refractivity contribution in [2.24, 2.45) is 0 Å². The van der Waals surface area contributed by atoms with Crippen LogP contribution in [0.1, 0.15) is 24.0 Å². The van der Waals surface area contributed by atoms with Crippen molar-refractivity contribution in [2.75, 3.05) is 45.2 Å². The Bertz CT molecular complexity index is 999. The summed E-state index contributed by atoms with van der Waals surface area (Å²) in [6.07, 6.45) is -2.98. The summed E-state index contributed by atoms with van der Waals surface area (Å²) >= 11 is 5.91. The normalized spacial score (nSPS) is 15.0. The number of ether oxygens (including phenoxy) is 1. The van der Waals surface area contributed by atoms with Gasteiger partial charge in [0.25, 0.3) is 0 Å².